The predicted octanol–water partition coefficient (Wildman–Crippen LogP) is 2.28. The molecule has 0 aromatic carbocycles. The molecule has 0 radical (unpaired) electrons. The first kappa shape index (κ1) is 6.41. The highest BCUT2D eigenvalue weighted by atomic mass is 16.5. The van der Waals surface area contributed by atoms with Gasteiger partial charge in [0.05, 0.1) is 5.60 Å². The number of rotatable bonds is 0. The Bertz CT molecular complexity index is 143. The maximum absolute atomic E-state index is 5.69. The molecule has 0 bridgehead atoms. The lowest BCUT2D eigenvalue weighted by molar-refractivity contribution is 0.0334. The summed E-state index contributed by atoms with van der Waals surface area (Å²) in [6.45, 7) is 0.977. The van der Waals surface area contributed by atoms with Crippen LogP contribution in [-0.4, -0.2) is 12.2 Å². The van der Waals surface area contributed by atoms with Crippen molar-refractivity contribution in [1.29, 1.82) is 0 Å². The normalized spacial score (nSPS) is 39.2. The Morgan fingerprint density at radius 1 is 1.20 bits per heavy atom. The molecule has 1 nitrogen and oxygen atoms in total. The molecule has 0 saturated carbocycles. The third-order valence-corrected chi connectivity index (χ3v) is 2.53. The van der Waals surface area contributed by atoms with Gasteiger partial charge in [-0.05, 0) is 32.1 Å². The Morgan fingerprint density at radius 2 is 2.10 bits per heavy atom. The largest absolute Gasteiger partial charge is 0.371 e. The van der Waals surface area contributed by atoms with Gasteiger partial charge in [0.15, 0.2) is 0 Å². The molecule has 1 fully saturated rings. The Labute approximate surface area is 62.1 Å². The van der Waals surface area contributed by atoms with Crippen molar-refractivity contribution < 1.29 is 4.74 Å². The van der Waals surface area contributed by atoms with Crippen LogP contribution in [0.1, 0.15) is 32.1 Å². The molecular formula is C9H14O. The van der Waals surface area contributed by atoms with Crippen LogP contribution in [0.15, 0.2) is 12.2 Å². The highest BCUT2D eigenvalue weighted by molar-refractivity contribution is 5.07. The summed E-state index contributed by atoms with van der Waals surface area (Å²) in [5, 5.41) is 0. The molecule has 1 unspecified atom stereocenters. The van der Waals surface area contributed by atoms with Crippen LogP contribution in [0.4, 0.5) is 0 Å². The zero-order valence-electron chi connectivity index (χ0n) is 6.31. The summed E-state index contributed by atoms with van der Waals surface area (Å²) in [6, 6.07) is 0. The third kappa shape index (κ3) is 0.988. The first-order chi connectivity index (χ1) is 4.91. The van der Waals surface area contributed by atoms with Crippen LogP contribution in [-0.2, 0) is 4.74 Å². The molecule has 0 amide bonds. The number of hydrogen-bond donors (Lipinski definition) is 0. The van der Waals surface area contributed by atoms with E-state index in [-0.39, 0.29) is 5.60 Å². The highest BCUT2D eigenvalue weighted by Crippen LogP contribution is 2.34. The van der Waals surface area contributed by atoms with Gasteiger partial charge in [0.25, 0.3) is 0 Å². The van der Waals surface area contributed by atoms with Crippen molar-refractivity contribution in [1.82, 2.24) is 0 Å². The van der Waals surface area contributed by atoms with Crippen molar-refractivity contribution in [3.63, 3.8) is 0 Å². The Balaban J connectivity index is 2.11. The van der Waals surface area contributed by atoms with E-state index >= 15 is 0 Å². The number of hydrogen-bond acceptors (Lipinski definition) is 1. The van der Waals surface area contributed by atoms with Crippen LogP contribution in [0.25, 0.3) is 0 Å². The highest BCUT2D eigenvalue weighted by Gasteiger charge is 2.32. The quantitative estimate of drug-likeness (QED) is 0.466. The zero-order chi connectivity index (χ0) is 6.86. The van der Waals surface area contributed by atoms with E-state index in [4.69, 9.17) is 4.74 Å². The van der Waals surface area contributed by atoms with Crippen LogP contribution in [0.5, 0.6) is 0 Å². The molecule has 1 aliphatic heterocycles. The first-order valence-corrected chi connectivity index (χ1v) is 4.23. The molecule has 0 aromatic rings. The van der Waals surface area contributed by atoms with Gasteiger partial charge < -0.3 is 4.74 Å². The van der Waals surface area contributed by atoms with Gasteiger partial charge in [-0.15, -0.1) is 0 Å². The van der Waals surface area contributed by atoms with Gasteiger partial charge in [0, 0.05) is 6.61 Å². The third-order valence-electron chi connectivity index (χ3n) is 2.53. The molecule has 1 heteroatoms. The first-order valence-electron chi connectivity index (χ1n) is 4.23. The SMILES string of the molecule is C1=CC2(CCC1)CCCO2. The van der Waals surface area contributed by atoms with E-state index in [2.05, 4.69) is 12.2 Å². The van der Waals surface area contributed by atoms with Gasteiger partial charge in [-0.3, -0.25) is 0 Å². The van der Waals surface area contributed by atoms with Gasteiger partial charge in [0.2, 0.25) is 0 Å². The molecule has 10 heavy (non-hydrogen) atoms. The van der Waals surface area contributed by atoms with Gasteiger partial charge in [-0.2, -0.15) is 0 Å². The fourth-order valence-corrected chi connectivity index (χ4v) is 1.95. The maximum Gasteiger partial charge on any atom is 0.0863 e. The van der Waals surface area contributed by atoms with Gasteiger partial charge >= 0.3 is 0 Å². The van der Waals surface area contributed by atoms with E-state index in [1.807, 2.05) is 0 Å². The van der Waals surface area contributed by atoms with E-state index in [1.54, 1.807) is 0 Å². The monoisotopic (exact) mass is 138 g/mol. The minimum absolute atomic E-state index is 0.193. The summed E-state index contributed by atoms with van der Waals surface area (Å²) in [6.07, 6.45) is 10.9. The summed E-state index contributed by atoms with van der Waals surface area (Å²) in [4.78, 5) is 0. The van der Waals surface area contributed by atoms with Crippen molar-refractivity contribution in [2.75, 3.05) is 6.61 Å². The molecule has 0 N–H and O–H groups in total. The molecule has 2 rings (SSSR count). The molecule has 2 aliphatic rings. The summed E-state index contributed by atoms with van der Waals surface area (Å²) >= 11 is 0. The number of ether oxygens (including phenoxy) is 1. The smallest absolute Gasteiger partial charge is 0.0863 e. The minimum Gasteiger partial charge on any atom is -0.371 e. The van der Waals surface area contributed by atoms with Gasteiger partial charge in [0.1, 0.15) is 0 Å². The minimum atomic E-state index is 0.193. The average molecular weight is 138 g/mol. The van der Waals surface area contributed by atoms with Crippen molar-refractivity contribution in [3.05, 3.63) is 12.2 Å². The fourth-order valence-electron chi connectivity index (χ4n) is 1.95. The summed E-state index contributed by atoms with van der Waals surface area (Å²) < 4.78 is 5.69. The van der Waals surface area contributed by atoms with Crippen LogP contribution in [0, 0.1) is 0 Å². The topological polar surface area (TPSA) is 9.23 Å². The second kappa shape index (κ2) is 2.39. The van der Waals surface area contributed by atoms with Gasteiger partial charge in [-0.1, -0.05) is 12.2 Å². The summed E-state index contributed by atoms with van der Waals surface area (Å²) in [5.74, 6) is 0. The van der Waals surface area contributed by atoms with E-state index in [0.29, 0.717) is 0 Å². The van der Waals surface area contributed by atoms with E-state index < -0.39 is 0 Å². The Morgan fingerprint density at radius 3 is 2.70 bits per heavy atom. The Kier molecular flexibility index (Phi) is 1.53. The number of allylic oxidation sites excluding steroid dienone is 1. The molecule has 1 atom stereocenters. The van der Waals surface area contributed by atoms with Crippen LogP contribution in [0.2, 0.25) is 0 Å². The lowest BCUT2D eigenvalue weighted by atomic mass is 9.89. The van der Waals surface area contributed by atoms with Crippen molar-refractivity contribution >= 4 is 0 Å². The van der Waals surface area contributed by atoms with Crippen LogP contribution < -0.4 is 0 Å². The van der Waals surface area contributed by atoms with Crippen LogP contribution >= 0.6 is 0 Å². The molecule has 1 saturated heterocycles. The summed E-state index contributed by atoms with van der Waals surface area (Å²) in [7, 11) is 0. The molecule has 56 valence electrons. The molecular weight excluding hydrogens is 124 g/mol. The summed E-state index contributed by atoms with van der Waals surface area (Å²) in [5.41, 5.74) is 0.193. The van der Waals surface area contributed by atoms with E-state index in [1.165, 1.54) is 32.1 Å². The van der Waals surface area contributed by atoms with Crippen molar-refractivity contribution in [3.8, 4) is 0 Å². The maximum atomic E-state index is 5.69. The fraction of sp³-hybridized carbons (Fsp3) is 0.778. The standard InChI is InChI=1S/C9H14O/c1-2-5-9(6-3-1)7-4-8-10-9/h2,5H,1,3-4,6-8H2. The van der Waals surface area contributed by atoms with Crippen LogP contribution in [0.3, 0.4) is 0 Å². The zero-order valence-corrected chi connectivity index (χ0v) is 6.31. The molecule has 1 heterocycles. The lowest BCUT2D eigenvalue weighted by Gasteiger charge is -2.27. The van der Waals surface area contributed by atoms with Crippen molar-refractivity contribution in [2.24, 2.45) is 0 Å². The molecule has 1 aliphatic carbocycles. The van der Waals surface area contributed by atoms with E-state index in [0.717, 1.165) is 6.61 Å². The Hall–Kier alpha value is -0.300. The average Bonchev–Trinajstić information content (AvgIpc) is 2.39. The van der Waals surface area contributed by atoms with E-state index in [9.17, 15) is 0 Å². The molecule has 0 aromatic heterocycles. The van der Waals surface area contributed by atoms with Gasteiger partial charge in [-0.25, -0.2) is 0 Å². The second-order valence-corrected chi connectivity index (χ2v) is 3.31. The second-order valence-electron chi connectivity index (χ2n) is 3.31. The predicted molar refractivity (Wildman–Crippen MR) is 40.9 cm³/mol. The lowest BCUT2D eigenvalue weighted by Crippen LogP contribution is -2.26. The molecule has 1 spiro atoms. The van der Waals surface area contributed by atoms with Crippen molar-refractivity contribution in [2.45, 2.75) is 37.7 Å².